The topological polar surface area (TPSA) is 119 Å². The molecular weight excluding hydrogens is 504 g/mol. The number of aromatic amines is 1. The number of aromatic nitrogens is 4. The predicted molar refractivity (Wildman–Crippen MR) is 158 cm³/mol. The summed E-state index contributed by atoms with van der Waals surface area (Å²) in [5, 5.41) is 12.6. The number of piperazine rings is 1. The molecule has 1 fully saturated rings. The van der Waals surface area contributed by atoms with Gasteiger partial charge < -0.3 is 20.4 Å². The van der Waals surface area contributed by atoms with Crippen molar-refractivity contribution in [2.45, 2.75) is 26.2 Å². The minimum Gasteiger partial charge on any atom is -0.368 e. The summed E-state index contributed by atoms with van der Waals surface area (Å²) in [4.78, 5) is 39.0. The van der Waals surface area contributed by atoms with E-state index in [1.54, 1.807) is 24.3 Å². The third kappa shape index (κ3) is 6.35. The molecule has 0 unspecified atom stereocenters. The van der Waals surface area contributed by atoms with Crippen LogP contribution in [0.5, 0.6) is 0 Å². The highest BCUT2D eigenvalue weighted by Crippen LogP contribution is 2.24. The number of likely N-dealkylation sites (N-methyl/N-ethyl adjacent to an activating group) is 1. The number of anilines is 4. The smallest absolute Gasteiger partial charge is 0.287 e. The summed E-state index contributed by atoms with van der Waals surface area (Å²) in [5.74, 6) is 0.672. The Kier molecular flexibility index (Phi) is 7.61. The average Bonchev–Trinajstić information content (AvgIpc) is 2.95. The lowest BCUT2D eigenvalue weighted by atomic mass is 9.87. The van der Waals surface area contributed by atoms with Crippen molar-refractivity contribution in [2.75, 3.05) is 48.8 Å². The van der Waals surface area contributed by atoms with Gasteiger partial charge in [-0.05, 0) is 60.5 Å². The Hall–Kier alpha value is -4.57. The fourth-order valence-electron chi connectivity index (χ4n) is 4.44. The lowest BCUT2D eigenvalue weighted by Gasteiger charge is -2.33. The van der Waals surface area contributed by atoms with E-state index in [1.807, 2.05) is 42.6 Å². The Morgan fingerprint density at radius 2 is 1.68 bits per heavy atom. The highest BCUT2D eigenvalue weighted by Gasteiger charge is 2.16. The number of benzene rings is 1. The Bertz CT molecular complexity index is 1530. The van der Waals surface area contributed by atoms with E-state index in [9.17, 15) is 9.59 Å². The zero-order chi connectivity index (χ0) is 28.3. The van der Waals surface area contributed by atoms with Crippen LogP contribution in [0.2, 0.25) is 0 Å². The molecule has 1 amide bonds. The lowest BCUT2D eigenvalue weighted by molar-refractivity contribution is 0.102. The van der Waals surface area contributed by atoms with Crippen molar-refractivity contribution in [3.05, 3.63) is 88.3 Å². The Balaban J connectivity index is 1.29. The van der Waals surface area contributed by atoms with Gasteiger partial charge >= 0.3 is 0 Å². The molecule has 1 aliphatic rings. The number of H-pyrrole nitrogens is 1. The van der Waals surface area contributed by atoms with Crippen molar-refractivity contribution in [3.63, 3.8) is 0 Å². The van der Waals surface area contributed by atoms with Crippen LogP contribution in [0.25, 0.3) is 11.4 Å². The minimum atomic E-state index is -0.378. The van der Waals surface area contributed by atoms with Crippen molar-refractivity contribution in [3.8, 4) is 11.4 Å². The zero-order valence-electron chi connectivity index (χ0n) is 23.2. The minimum absolute atomic E-state index is 0.00633. The number of amides is 1. The van der Waals surface area contributed by atoms with Crippen LogP contribution in [0.3, 0.4) is 0 Å². The first-order valence-corrected chi connectivity index (χ1v) is 13.3. The van der Waals surface area contributed by atoms with Gasteiger partial charge in [0.25, 0.3) is 11.5 Å². The lowest BCUT2D eigenvalue weighted by Crippen LogP contribution is -2.44. The Morgan fingerprint density at radius 1 is 0.925 bits per heavy atom. The van der Waals surface area contributed by atoms with Crippen LogP contribution in [-0.4, -0.2) is 64.2 Å². The summed E-state index contributed by atoms with van der Waals surface area (Å²) < 4.78 is 0. The fourth-order valence-corrected chi connectivity index (χ4v) is 4.44. The van der Waals surface area contributed by atoms with Crippen molar-refractivity contribution in [1.82, 2.24) is 25.1 Å². The number of carbonyl (C=O) groups is 1. The first-order valence-electron chi connectivity index (χ1n) is 13.3. The van der Waals surface area contributed by atoms with Crippen molar-refractivity contribution in [1.29, 1.82) is 0 Å². The molecule has 0 radical (unpaired) electrons. The third-order valence-corrected chi connectivity index (χ3v) is 6.95. The summed E-state index contributed by atoms with van der Waals surface area (Å²) in [6.45, 7) is 10.3. The van der Waals surface area contributed by atoms with E-state index < -0.39 is 0 Å². The van der Waals surface area contributed by atoms with Gasteiger partial charge in [0, 0.05) is 31.7 Å². The second-order valence-corrected chi connectivity index (χ2v) is 11.0. The van der Waals surface area contributed by atoms with Crippen molar-refractivity contribution in [2.24, 2.45) is 0 Å². The molecule has 4 heterocycles. The maximum atomic E-state index is 12.8. The summed E-state index contributed by atoms with van der Waals surface area (Å²) in [6.07, 6.45) is 1.81. The fraction of sp³-hybridized carbons (Fsp3) is 0.300. The van der Waals surface area contributed by atoms with Crippen LogP contribution < -0.4 is 21.1 Å². The predicted octanol–water partition coefficient (Wildman–Crippen LogP) is 4.27. The summed E-state index contributed by atoms with van der Waals surface area (Å²) in [7, 11) is 2.12. The number of nitrogens with zero attached hydrogens (tertiary/aromatic N) is 5. The third-order valence-electron chi connectivity index (χ3n) is 6.95. The van der Waals surface area contributed by atoms with Gasteiger partial charge in [-0.3, -0.25) is 9.59 Å². The maximum absolute atomic E-state index is 12.8. The molecular formula is C30H34N8O2. The van der Waals surface area contributed by atoms with Crippen LogP contribution in [-0.2, 0) is 5.41 Å². The van der Waals surface area contributed by atoms with E-state index in [4.69, 9.17) is 0 Å². The highest BCUT2D eigenvalue weighted by atomic mass is 16.1. The molecule has 10 heteroatoms. The number of nitrogens with one attached hydrogen (secondary N) is 3. The van der Waals surface area contributed by atoms with E-state index >= 15 is 0 Å². The van der Waals surface area contributed by atoms with Crippen LogP contribution >= 0.6 is 0 Å². The number of rotatable bonds is 6. The van der Waals surface area contributed by atoms with E-state index in [0.29, 0.717) is 34.3 Å². The second-order valence-electron chi connectivity index (χ2n) is 11.0. The molecule has 206 valence electrons. The molecule has 3 aromatic heterocycles. The molecule has 5 rings (SSSR count). The van der Waals surface area contributed by atoms with E-state index in [0.717, 1.165) is 37.4 Å². The molecule has 1 saturated heterocycles. The molecule has 40 heavy (non-hydrogen) atoms. The molecule has 4 aromatic rings. The quantitative estimate of drug-likeness (QED) is 0.333. The van der Waals surface area contributed by atoms with Gasteiger partial charge in [0.05, 0.1) is 17.6 Å². The van der Waals surface area contributed by atoms with Gasteiger partial charge in [-0.1, -0.05) is 39.0 Å². The highest BCUT2D eigenvalue weighted by molar-refractivity contribution is 6.03. The molecule has 0 bridgehead atoms. The van der Waals surface area contributed by atoms with E-state index in [-0.39, 0.29) is 16.9 Å². The average molecular weight is 539 g/mol. The van der Waals surface area contributed by atoms with E-state index in [2.05, 4.69) is 68.4 Å². The summed E-state index contributed by atoms with van der Waals surface area (Å²) >= 11 is 0. The molecule has 1 aliphatic heterocycles. The van der Waals surface area contributed by atoms with Crippen LogP contribution in [0, 0.1) is 0 Å². The largest absolute Gasteiger partial charge is 0.368 e. The summed E-state index contributed by atoms with van der Waals surface area (Å²) in [6, 6.07) is 18.3. The monoisotopic (exact) mass is 538 g/mol. The molecule has 1 aromatic carbocycles. The Morgan fingerprint density at radius 3 is 2.35 bits per heavy atom. The molecule has 0 aliphatic carbocycles. The van der Waals surface area contributed by atoms with Crippen LogP contribution in [0.15, 0.2) is 71.7 Å². The van der Waals surface area contributed by atoms with Gasteiger partial charge in [-0.15, -0.1) is 0 Å². The second kappa shape index (κ2) is 11.3. The van der Waals surface area contributed by atoms with Gasteiger partial charge in [-0.25, -0.2) is 15.1 Å². The van der Waals surface area contributed by atoms with E-state index in [1.165, 1.54) is 0 Å². The standard InChI is InChI=1S/C30H34N8O2/c1-30(2,3)21-10-8-20(9-11-21)28(39)34-27-7-5-6-23(32-27)24-18-25(29(40)36-35-24)33-26-13-12-22(19-31-26)38-16-14-37(4)15-17-38/h5-13,18-19H,14-17H2,1-4H3,(H,36,40)(H,31,33,35)(H,32,34,39). The molecule has 10 nitrogen and oxygen atoms in total. The van der Waals surface area contributed by atoms with Gasteiger partial charge in [0.15, 0.2) is 0 Å². The van der Waals surface area contributed by atoms with Crippen LogP contribution in [0.4, 0.5) is 23.0 Å². The van der Waals surface area contributed by atoms with Gasteiger partial charge in [0.1, 0.15) is 23.0 Å². The van der Waals surface area contributed by atoms with Gasteiger partial charge in [-0.2, -0.15) is 5.10 Å². The Labute approximate surface area is 233 Å². The number of pyridine rings is 2. The molecule has 0 saturated carbocycles. The number of carbonyl (C=O) groups excluding carboxylic acids is 1. The molecule has 0 spiro atoms. The molecule has 3 N–H and O–H groups in total. The van der Waals surface area contributed by atoms with Crippen molar-refractivity contribution >= 4 is 28.9 Å². The number of hydrogen-bond acceptors (Lipinski definition) is 8. The summed E-state index contributed by atoms with van der Waals surface area (Å²) in [5.41, 5.74) is 3.61. The maximum Gasteiger partial charge on any atom is 0.287 e. The van der Waals surface area contributed by atoms with Crippen LogP contribution in [0.1, 0.15) is 36.7 Å². The van der Waals surface area contributed by atoms with Gasteiger partial charge in [0.2, 0.25) is 0 Å². The first kappa shape index (κ1) is 27.0. The van der Waals surface area contributed by atoms with Crippen molar-refractivity contribution < 1.29 is 4.79 Å². The molecule has 0 atom stereocenters. The zero-order valence-corrected chi connectivity index (χ0v) is 23.2. The SMILES string of the molecule is CN1CCN(c2ccc(Nc3cc(-c4cccc(NC(=O)c5ccc(C(C)(C)C)cc5)n4)n[nH]c3=O)nc2)CC1. The first-order chi connectivity index (χ1) is 19.2. The normalized spacial score (nSPS) is 14.2. The number of hydrogen-bond donors (Lipinski definition) is 3.